The summed E-state index contributed by atoms with van der Waals surface area (Å²) in [5.74, 6) is -0.275. The van der Waals surface area contributed by atoms with E-state index in [1.165, 1.54) is 0 Å². The van der Waals surface area contributed by atoms with Gasteiger partial charge in [-0.3, -0.25) is 19.4 Å². The van der Waals surface area contributed by atoms with Crippen LogP contribution in [-0.4, -0.2) is 81.9 Å². The van der Waals surface area contributed by atoms with Crippen molar-refractivity contribution in [1.29, 1.82) is 0 Å². The molecule has 2 aromatic heterocycles. The van der Waals surface area contributed by atoms with Gasteiger partial charge in [-0.15, -0.1) is 0 Å². The van der Waals surface area contributed by atoms with Crippen molar-refractivity contribution < 1.29 is 19.1 Å². The van der Waals surface area contributed by atoms with Gasteiger partial charge in [-0.25, -0.2) is 4.98 Å². The molecule has 0 radical (unpaired) electrons. The van der Waals surface area contributed by atoms with Crippen LogP contribution in [0.1, 0.15) is 56.1 Å². The highest BCUT2D eigenvalue weighted by Crippen LogP contribution is 2.37. The third-order valence-corrected chi connectivity index (χ3v) is 9.70. The van der Waals surface area contributed by atoms with Crippen molar-refractivity contribution in [1.82, 2.24) is 29.7 Å². The van der Waals surface area contributed by atoms with E-state index in [-0.39, 0.29) is 29.5 Å². The van der Waals surface area contributed by atoms with Crippen molar-refractivity contribution in [2.45, 2.75) is 46.0 Å². The van der Waals surface area contributed by atoms with Crippen LogP contribution >= 0.6 is 11.6 Å². The smallest absolute Gasteiger partial charge is 0.291 e. The minimum atomic E-state index is -0.357. The van der Waals surface area contributed by atoms with Crippen LogP contribution in [0.15, 0.2) is 48.7 Å². The molecule has 3 amide bonds. The zero-order valence-electron chi connectivity index (χ0n) is 28.4. The normalized spacial score (nSPS) is 14.7. The Morgan fingerprint density at radius 2 is 1.71 bits per heavy atom. The molecule has 0 bridgehead atoms. The fourth-order valence-corrected chi connectivity index (χ4v) is 6.62. The molecule has 0 unspecified atom stereocenters. The third-order valence-electron chi connectivity index (χ3n) is 9.29. The Morgan fingerprint density at radius 3 is 2.45 bits per heavy atom. The molecule has 2 aliphatic rings. The minimum Gasteiger partial charge on any atom is -0.380 e. The zero-order valence-corrected chi connectivity index (χ0v) is 29.1. The second kappa shape index (κ2) is 14.5. The molecule has 0 saturated carbocycles. The Hall–Kier alpha value is -4.62. The lowest BCUT2D eigenvalue weighted by atomic mass is 9.98. The Bertz CT molecular complexity index is 1920. The van der Waals surface area contributed by atoms with E-state index in [0.717, 1.165) is 46.6 Å². The van der Waals surface area contributed by atoms with Gasteiger partial charge in [-0.2, -0.15) is 0 Å². The van der Waals surface area contributed by atoms with Gasteiger partial charge in [0.25, 0.3) is 11.8 Å². The Labute approximate surface area is 290 Å². The molecule has 0 aliphatic carbocycles. The van der Waals surface area contributed by atoms with Crippen molar-refractivity contribution in [2.24, 2.45) is 7.05 Å². The Balaban J connectivity index is 1.17. The molecule has 3 N–H and O–H groups in total. The number of pyridine rings is 1. The Morgan fingerprint density at radius 1 is 1.00 bits per heavy atom. The number of amides is 3. The highest BCUT2D eigenvalue weighted by molar-refractivity contribution is 6.36. The molecule has 4 aromatic rings. The average molecular weight is 685 g/mol. The average Bonchev–Trinajstić information content (AvgIpc) is 3.38. The number of nitrogens with zero attached hydrogens (tertiary/aromatic N) is 5. The van der Waals surface area contributed by atoms with Crippen LogP contribution in [0.5, 0.6) is 0 Å². The zero-order chi connectivity index (χ0) is 34.8. The van der Waals surface area contributed by atoms with Gasteiger partial charge in [0, 0.05) is 89.4 Å². The van der Waals surface area contributed by atoms with E-state index >= 15 is 0 Å². The molecular formula is C36H41ClN8O4. The summed E-state index contributed by atoms with van der Waals surface area (Å²) in [6, 6.07) is 13.0. The lowest BCUT2D eigenvalue weighted by molar-refractivity contribution is -0.133. The summed E-state index contributed by atoms with van der Waals surface area (Å²) < 4.78 is 7.28. The second-order valence-electron chi connectivity index (χ2n) is 12.7. The van der Waals surface area contributed by atoms with E-state index in [1.807, 2.05) is 55.9 Å². The van der Waals surface area contributed by atoms with Crippen LogP contribution < -0.4 is 16.0 Å². The number of likely N-dealkylation sites (N-methyl/N-ethyl adjacent to an activating group) is 1. The number of aromatic nitrogens is 3. The summed E-state index contributed by atoms with van der Waals surface area (Å²) in [6.45, 7) is 7.33. The largest absolute Gasteiger partial charge is 0.380 e. The number of methoxy groups -OCH3 is 1. The molecule has 12 nitrogen and oxygen atoms in total. The molecule has 0 spiro atoms. The van der Waals surface area contributed by atoms with Gasteiger partial charge in [0.1, 0.15) is 5.69 Å². The summed E-state index contributed by atoms with van der Waals surface area (Å²) in [4.78, 5) is 51.4. The van der Waals surface area contributed by atoms with Gasteiger partial charge >= 0.3 is 0 Å². The molecule has 2 aliphatic heterocycles. The van der Waals surface area contributed by atoms with E-state index in [2.05, 4.69) is 30.8 Å². The highest BCUT2D eigenvalue weighted by Gasteiger charge is 2.28. The van der Waals surface area contributed by atoms with Crippen molar-refractivity contribution in [3.05, 3.63) is 93.3 Å². The number of anilines is 2. The summed E-state index contributed by atoms with van der Waals surface area (Å²) in [5, 5.41) is 9.80. The molecule has 13 heteroatoms. The molecular weight excluding hydrogens is 644 g/mol. The number of ether oxygens (including phenoxy) is 1. The number of imidazole rings is 1. The van der Waals surface area contributed by atoms with Crippen LogP contribution in [0, 0.1) is 6.92 Å². The van der Waals surface area contributed by atoms with Gasteiger partial charge < -0.3 is 35.1 Å². The number of likely N-dealkylation sites (tertiary alicyclic amines) is 1. The van der Waals surface area contributed by atoms with Crippen molar-refractivity contribution in [3.63, 3.8) is 0 Å². The van der Waals surface area contributed by atoms with Gasteiger partial charge in [0.2, 0.25) is 5.91 Å². The number of rotatable bonds is 10. The van der Waals surface area contributed by atoms with Gasteiger partial charge in [-0.05, 0) is 54.4 Å². The second-order valence-corrected chi connectivity index (χ2v) is 13.1. The highest BCUT2D eigenvalue weighted by atomic mass is 35.5. The topological polar surface area (TPSA) is 134 Å². The van der Waals surface area contributed by atoms with Crippen LogP contribution in [0.2, 0.25) is 5.02 Å². The molecule has 1 fully saturated rings. The van der Waals surface area contributed by atoms with Gasteiger partial charge in [-0.1, -0.05) is 35.9 Å². The number of nitrogens with one attached hydrogen (secondary N) is 3. The first-order chi connectivity index (χ1) is 23.5. The standard InChI is InChI=1S/C36H41ClN8O4/c1-21-26(27-9-7-11-29(33(27)37)42-36(48)34-40-31-19-43(3)13-12-32(31)44(34)4)8-6-10-28(21)41-35(47)30-14-23(20-49-5)24(16-39-30)15-38-25-17-45(18-25)22(2)46/h6-11,14,16,25,38H,12-13,15,17-20H2,1-5H3,(H,41,47)(H,42,48). The number of hydrogen-bond donors (Lipinski definition) is 3. The van der Waals surface area contributed by atoms with Crippen molar-refractivity contribution >= 4 is 40.7 Å². The van der Waals surface area contributed by atoms with Crippen LogP contribution in [0.25, 0.3) is 11.1 Å². The van der Waals surface area contributed by atoms with Crippen LogP contribution in [0.4, 0.5) is 11.4 Å². The summed E-state index contributed by atoms with van der Waals surface area (Å²) in [6.07, 6.45) is 2.53. The first kappa shape index (κ1) is 34.3. The van der Waals surface area contributed by atoms with E-state index in [9.17, 15) is 14.4 Å². The number of carbonyl (C=O) groups is 3. The van der Waals surface area contributed by atoms with E-state index < -0.39 is 0 Å². The van der Waals surface area contributed by atoms with Crippen molar-refractivity contribution in [3.8, 4) is 11.1 Å². The first-order valence-electron chi connectivity index (χ1n) is 16.2. The Kier molecular flexibility index (Phi) is 10.1. The molecule has 49 heavy (non-hydrogen) atoms. The maximum atomic E-state index is 13.4. The van der Waals surface area contributed by atoms with Crippen molar-refractivity contribution in [2.75, 3.05) is 44.4 Å². The molecule has 2 aromatic carbocycles. The predicted octanol–water partition coefficient (Wildman–Crippen LogP) is 4.40. The first-order valence-corrected chi connectivity index (χ1v) is 16.6. The molecule has 4 heterocycles. The van der Waals surface area contributed by atoms with Gasteiger partial charge in [0.05, 0.1) is 23.0 Å². The number of benzene rings is 2. The summed E-state index contributed by atoms with van der Waals surface area (Å²) in [5.41, 5.74) is 7.43. The molecule has 256 valence electrons. The number of halogens is 1. The van der Waals surface area contributed by atoms with E-state index in [0.29, 0.717) is 60.6 Å². The summed E-state index contributed by atoms with van der Waals surface area (Å²) >= 11 is 6.92. The third kappa shape index (κ3) is 7.23. The van der Waals surface area contributed by atoms with E-state index in [1.54, 1.807) is 37.3 Å². The number of carbonyl (C=O) groups excluding carboxylic acids is 3. The maximum Gasteiger partial charge on any atom is 0.291 e. The molecule has 0 atom stereocenters. The fraction of sp³-hybridized carbons (Fsp3) is 0.361. The molecule has 1 saturated heterocycles. The number of fused-ring (bicyclic) bond motifs is 1. The fourth-order valence-electron chi connectivity index (χ4n) is 6.34. The van der Waals surface area contributed by atoms with E-state index in [4.69, 9.17) is 16.3 Å². The van der Waals surface area contributed by atoms with Gasteiger partial charge in [0.15, 0.2) is 5.82 Å². The SMILES string of the molecule is COCc1cc(C(=O)Nc2cccc(-c3cccc(NC(=O)c4nc5c(n4C)CCN(C)C5)c3Cl)c2C)ncc1CNC1CN(C(C)=O)C1. The predicted molar refractivity (Wildman–Crippen MR) is 189 cm³/mol. The van der Waals surface area contributed by atoms with Crippen LogP contribution in [0.3, 0.4) is 0 Å². The maximum absolute atomic E-state index is 13.4. The lowest BCUT2D eigenvalue weighted by Gasteiger charge is -2.39. The number of hydrogen-bond acceptors (Lipinski definition) is 8. The van der Waals surface area contributed by atoms with Crippen LogP contribution in [-0.2, 0) is 42.7 Å². The summed E-state index contributed by atoms with van der Waals surface area (Å²) in [7, 11) is 5.52. The lowest BCUT2D eigenvalue weighted by Crippen LogP contribution is -2.59. The minimum absolute atomic E-state index is 0.0729. The monoisotopic (exact) mass is 684 g/mol. The molecule has 6 rings (SSSR count). The quantitative estimate of drug-likeness (QED) is 0.224.